The molecule has 1 aliphatic carbocycles. The first-order chi connectivity index (χ1) is 9.60. The van der Waals surface area contributed by atoms with E-state index in [4.69, 9.17) is 0 Å². The van der Waals surface area contributed by atoms with Gasteiger partial charge in [-0.2, -0.15) is 0 Å². The van der Waals surface area contributed by atoms with Crippen molar-refractivity contribution in [2.24, 2.45) is 10.4 Å². The van der Waals surface area contributed by atoms with Gasteiger partial charge in [-0.1, -0.05) is 31.0 Å². The Morgan fingerprint density at radius 1 is 1.30 bits per heavy atom. The molecule has 0 aromatic heterocycles. The topological polar surface area (TPSA) is 61.8 Å². The maximum Gasteiger partial charge on any atom is 0.251 e. The average molecular weight is 295 g/mol. The third kappa shape index (κ3) is 2.57. The highest BCUT2D eigenvalue weighted by Crippen LogP contribution is 2.41. The number of rotatable bonds is 1. The number of amidine groups is 1. The Labute approximate surface area is 123 Å². The monoisotopic (exact) mass is 295 g/mol. The molecule has 1 spiro atoms. The van der Waals surface area contributed by atoms with E-state index in [-0.39, 0.29) is 18.2 Å². The number of imide groups is 1. The quantitative estimate of drug-likeness (QED) is 0.743. The van der Waals surface area contributed by atoms with Crippen molar-refractivity contribution in [3.8, 4) is 0 Å². The van der Waals surface area contributed by atoms with Gasteiger partial charge in [0, 0.05) is 19.3 Å². The predicted molar refractivity (Wildman–Crippen MR) is 79.6 cm³/mol. The first-order valence-electron chi connectivity index (χ1n) is 7.34. The van der Waals surface area contributed by atoms with Gasteiger partial charge in [0.1, 0.15) is 6.04 Å². The molecule has 0 aromatic rings. The molecule has 0 bridgehead atoms. The fourth-order valence-electron chi connectivity index (χ4n) is 3.26. The van der Waals surface area contributed by atoms with E-state index < -0.39 is 6.04 Å². The van der Waals surface area contributed by atoms with Crippen molar-refractivity contribution in [2.45, 2.75) is 44.6 Å². The van der Waals surface area contributed by atoms with Crippen LogP contribution >= 0.6 is 11.8 Å². The fourth-order valence-corrected chi connectivity index (χ4v) is 4.47. The molecule has 3 rings (SSSR count). The highest BCUT2D eigenvalue weighted by atomic mass is 32.2. The van der Waals surface area contributed by atoms with Crippen LogP contribution in [0.25, 0.3) is 0 Å². The predicted octanol–water partition coefficient (Wildman–Crippen LogP) is 1.39. The van der Waals surface area contributed by atoms with Crippen molar-refractivity contribution in [3.05, 3.63) is 0 Å². The molecular formula is C14H21N3O2S. The number of hydrogen-bond donors (Lipinski definition) is 1. The summed E-state index contributed by atoms with van der Waals surface area (Å²) in [6.45, 7) is 0.868. The summed E-state index contributed by atoms with van der Waals surface area (Å²) in [4.78, 5) is 29.2. The molecule has 1 N–H and O–H groups in total. The van der Waals surface area contributed by atoms with E-state index in [1.807, 2.05) is 0 Å². The van der Waals surface area contributed by atoms with Gasteiger partial charge in [-0.25, -0.2) is 0 Å². The Balaban J connectivity index is 1.60. The molecule has 1 unspecified atom stereocenters. The lowest BCUT2D eigenvalue weighted by Gasteiger charge is -2.38. The zero-order valence-electron chi connectivity index (χ0n) is 11.9. The van der Waals surface area contributed by atoms with Crippen LogP contribution in [0.3, 0.4) is 0 Å². The van der Waals surface area contributed by atoms with Crippen LogP contribution in [-0.2, 0) is 9.59 Å². The minimum Gasteiger partial charge on any atom is -0.353 e. The summed E-state index contributed by atoms with van der Waals surface area (Å²) in [6, 6.07) is -0.417. The first-order valence-corrected chi connectivity index (χ1v) is 8.32. The number of nitrogens with one attached hydrogen (secondary N) is 1. The van der Waals surface area contributed by atoms with Crippen molar-refractivity contribution in [3.63, 3.8) is 0 Å². The Hall–Kier alpha value is -1.04. The van der Waals surface area contributed by atoms with Crippen LogP contribution in [-0.4, -0.2) is 47.3 Å². The van der Waals surface area contributed by atoms with Crippen LogP contribution < -0.4 is 5.32 Å². The van der Waals surface area contributed by atoms with E-state index in [2.05, 4.69) is 10.3 Å². The van der Waals surface area contributed by atoms with E-state index in [1.165, 1.54) is 37.0 Å². The second-order valence-corrected chi connectivity index (χ2v) is 7.13. The number of amides is 2. The zero-order chi connectivity index (χ0) is 14.2. The third-order valence-electron chi connectivity index (χ3n) is 4.67. The van der Waals surface area contributed by atoms with Crippen molar-refractivity contribution in [1.29, 1.82) is 0 Å². The smallest absolute Gasteiger partial charge is 0.251 e. The standard InChI is InChI=1S/C14H21N3O2S/c1-17-11(18)7-10(12(17)19)16-13-15-8-14(9-20-13)5-3-2-4-6-14/h10H,2-9H2,1H3,(H,15,16). The summed E-state index contributed by atoms with van der Waals surface area (Å²) in [5.74, 6) is 0.831. The lowest BCUT2D eigenvalue weighted by Crippen LogP contribution is -2.43. The van der Waals surface area contributed by atoms with Crippen LogP contribution in [0.5, 0.6) is 0 Å². The molecule has 1 saturated heterocycles. The molecule has 2 aliphatic heterocycles. The molecule has 2 fully saturated rings. The number of thioether (sulfide) groups is 1. The van der Waals surface area contributed by atoms with Crippen molar-refractivity contribution in [2.75, 3.05) is 19.3 Å². The third-order valence-corrected chi connectivity index (χ3v) is 5.94. The fraction of sp³-hybridized carbons (Fsp3) is 0.786. The number of hydrogen-bond acceptors (Lipinski definition) is 5. The molecule has 0 aromatic carbocycles. The molecule has 110 valence electrons. The zero-order valence-corrected chi connectivity index (χ0v) is 12.7. The molecule has 1 saturated carbocycles. The number of carbonyl (C=O) groups excluding carboxylic acids is 2. The van der Waals surface area contributed by atoms with Gasteiger partial charge in [-0.3, -0.25) is 19.5 Å². The molecule has 20 heavy (non-hydrogen) atoms. The van der Waals surface area contributed by atoms with Crippen LogP contribution in [0.4, 0.5) is 0 Å². The first kappa shape index (κ1) is 13.9. The van der Waals surface area contributed by atoms with Gasteiger partial charge in [0.05, 0.1) is 6.42 Å². The largest absolute Gasteiger partial charge is 0.353 e. The lowest BCUT2D eigenvalue weighted by molar-refractivity contribution is -0.137. The Morgan fingerprint density at radius 2 is 2.05 bits per heavy atom. The van der Waals surface area contributed by atoms with E-state index >= 15 is 0 Å². The maximum absolute atomic E-state index is 11.9. The highest BCUT2D eigenvalue weighted by Gasteiger charge is 2.39. The molecule has 5 nitrogen and oxygen atoms in total. The van der Waals surface area contributed by atoms with E-state index in [9.17, 15) is 9.59 Å². The van der Waals surface area contributed by atoms with Crippen LogP contribution in [0, 0.1) is 5.41 Å². The van der Waals surface area contributed by atoms with Crippen molar-refractivity contribution in [1.82, 2.24) is 10.2 Å². The van der Waals surface area contributed by atoms with Gasteiger partial charge >= 0.3 is 0 Å². The molecule has 2 amide bonds. The second kappa shape index (κ2) is 5.39. The van der Waals surface area contributed by atoms with Crippen LogP contribution in [0.1, 0.15) is 38.5 Å². The number of likely N-dealkylation sites (tertiary alicyclic amines) is 1. The number of nitrogens with zero attached hydrogens (tertiary/aromatic N) is 2. The van der Waals surface area contributed by atoms with Gasteiger partial charge in [-0.15, -0.1) is 0 Å². The minimum atomic E-state index is -0.417. The van der Waals surface area contributed by atoms with Crippen LogP contribution in [0.2, 0.25) is 0 Å². The summed E-state index contributed by atoms with van der Waals surface area (Å²) >= 11 is 1.72. The summed E-state index contributed by atoms with van der Waals surface area (Å²) in [6.07, 6.45) is 6.80. The van der Waals surface area contributed by atoms with Gasteiger partial charge in [-0.05, 0) is 18.3 Å². The summed E-state index contributed by atoms with van der Waals surface area (Å²) in [5.41, 5.74) is 0.389. The van der Waals surface area contributed by atoms with E-state index in [0.29, 0.717) is 5.41 Å². The molecule has 6 heteroatoms. The van der Waals surface area contributed by atoms with Gasteiger partial charge in [0.25, 0.3) is 5.91 Å². The number of carbonyl (C=O) groups is 2. The molecule has 3 aliphatic rings. The average Bonchev–Trinajstić information content (AvgIpc) is 2.70. The minimum absolute atomic E-state index is 0.113. The SMILES string of the molecule is CN1C(=O)CC(NC2=NCC3(CCCCC3)CS2)C1=O. The molecule has 0 radical (unpaired) electrons. The summed E-state index contributed by atoms with van der Waals surface area (Å²) in [7, 11) is 1.54. The highest BCUT2D eigenvalue weighted by molar-refractivity contribution is 8.13. The Morgan fingerprint density at radius 3 is 2.60 bits per heavy atom. The van der Waals surface area contributed by atoms with E-state index in [1.54, 1.807) is 18.8 Å². The number of likely N-dealkylation sites (N-methyl/N-ethyl adjacent to an activating group) is 1. The Kier molecular flexibility index (Phi) is 3.75. The maximum atomic E-state index is 11.9. The summed E-state index contributed by atoms with van der Waals surface area (Å²) in [5, 5.41) is 3.99. The lowest BCUT2D eigenvalue weighted by atomic mass is 9.75. The van der Waals surface area contributed by atoms with Crippen molar-refractivity contribution < 1.29 is 9.59 Å². The van der Waals surface area contributed by atoms with Crippen molar-refractivity contribution >= 4 is 28.7 Å². The molecule has 1 atom stereocenters. The Bertz CT molecular complexity index is 457. The second-order valence-electron chi connectivity index (χ2n) is 6.16. The van der Waals surface area contributed by atoms with Crippen LogP contribution in [0.15, 0.2) is 4.99 Å². The van der Waals surface area contributed by atoms with Gasteiger partial charge in [0.15, 0.2) is 5.17 Å². The molecular weight excluding hydrogens is 274 g/mol. The van der Waals surface area contributed by atoms with Gasteiger partial charge in [0.2, 0.25) is 5.91 Å². The number of aliphatic imine (C=N–C) groups is 1. The summed E-state index contributed by atoms with van der Waals surface area (Å²) < 4.78 is 0. The normalized spacial score (nSPS) is 29.8. The molecule has 2 heterocycles. The van der Waals surface area contributed by atoms with Gasteiger partial charge < -0.3 is 5.32 Å². The van der Waals surface area contributed by atoms with E-state index in [0.717, 1.165) is 17.5 Å².